The lowest BCUT2D eigenvalue weighted by molar-refractivity contribution is -0.127. The first kappa shape index (κ1) is 12.2. The molecule has 15 heavy (non-hydrogen) atoms. The van der Waals surface area contributed by atoms with Crippen LogP contribution in [0, 0.1) is 0 Å². The van der Waals surface area contributed by atoms with Crippen molar-refractivity contribution in [3.8, 4) is 0 Å². The van der Waals surface area contributed by atoms with E-state index in [4.69, 9.17) is 0 Å². The van der Waals surface area contributed by atoms with Crippen LogP contribution >= 0.6 is 15.9 Å². The number of carbonyl (C=O) groups excluding carboxylic acids is 2. The van der Waals surface area contributed by atoms with E-state index >= 15 is 0 Å². The van der Waals surface area contributed by atoms with Gasteiger partial charge in [-0.05, 0) is 18.9 Å². The van der Waals surface area contributed by atoms with Crippen LogP contribution in [0.1, 0.15) is 19.3 Å². The Bertz CT molecular complexity index is 310. The molecule has 4 heteroatoms. The molecular formula is C11H14BrNO2. The van der Waals surface area contributed by atoms with Gasteiger partial charge in [-0.2, -0.15) is 0 Å². The van der Waals surface area contributed by atoms with Crippen molar-refractivity contribution in [1.29, 1.82) is 0 Å². The number of alkyl halides is 1. The molecule has 0 bridgehead atoms. The van der Waals surface area contributed by atoms with E-state index in [0.29, 0.717) is 18.7 Å². The van der Waals surface area contributed by atoms with Crippen LogP contribution in [0.15, 0.2) is 24.4 Å². The average Bonchev–Trinajstić information content (AvgIpc) is 2.65. The molecule has 0 aromatic rings. The number of halogens is 1. The van der Waals surface area contributed by atoms with Crippen LogP contribution < -0.4 is 0 Å². The maximum atomic E-state index is 11.5. The molecule has 0 aromatic carbocycles. The van der Waals surface area contributed by atoms with E-state index in [1.54, 1.807) is 0 Å². The molecule has 0 aliphatic heterocycles. The van der Waals surface area contributed by atoms with Gasteiger partial charge < -0.3 is 4.90 Å². The van der Waals surface area contributed by atoms with Gasteiger partial charge in [0.05, 0.1) is 5.70 Å². The Morgan fingerprint density at radius 3 is 2.87 bits per heavy atom. The molecule has 1 aliphatic carbocycles. The largest absolute Gasteiger partial charge is 0.306 e. The number of carbonyl (C=O) groups is 2. The molecule has 0 saturated heterocycles. The maximum Gasteiger partial charge on any atom is 0.250 e. The number of hydrogen-bond acceptors (Lipinski definition) is 2. The monoisotopic (exact) mass is 271 g/mol. The number of Topliss-reactive ketones (excluding diaryl/α,β-unsaturated/α-hetero) is 1. The molecular weight excluding hydrogens is 258 g/mol. The fourth-order valence-electron chi connectivity index (χ4n) is 1.52. The lowest BCUT2D eigenvalue weighted by Gasteiger charge is -2.20. The van der Waals surface area contributed by atoms with Crippen molar-refractivity contribution in [2.45, 2.75) is 19.3 Å². The van der Waals surface area contributed by atoms with Crippen molar-refractivity contribution in [3.05, 3.63) is 24.4 Å². The third-order valence-corrected chi connectivity index (χ3v) is 2.80. The highest BCUT2D eigenvalue weighted by atomic mass is 79.9. The third kappa shape index (κ3) is 3.02. The third-order valence-electron chi connectivity index (χ3n) is 2.24. The van der Waals surface area contributed by atoms with E-state index in [1.165, 1.54) is 11.0 Å². The van der Waals surface area contributed by atoms with Crippen LogP contribution in [0.2, 0.25) is 0 Å². The Balaban J connectivity index is 2.75. The minimum atomic E-state index is -0.197. The van der Waals surface area contributed by atoms with E-state index < -0.39 is 0 Å². The van der Waals surface area contributed by atoms with Crippen LogP contribution in [0.25, 0.3) is 0 Å². The van der Waals surface area contributed by atoms with Gasteiger partial charge in [-0.15, -0.1) is 0 Å². The summed E-state index contributed by atoms with van der Waals surface area (Å²) in [5.41, 5.74) is 0.542. The molecule has 0 aromatic heterocycles. The number of rotatable bonds is 5. The summed E-state index contributed by atoms with van der Waals surface area (Å²) in [6.07, 6.45) is 5.16. The Morgan fingerprint density at radius 1 is 1.67 bits per heavy atom. The van der Waals surface area contributed by atoms with Crippen LogP contribution in [0.3, 0.4) is 0 Å². The Kier molecular flexibility index (Phi) is 4.75. The van der Waals surface area contributed by atoms with Crippen LogP contribution in [0.5, 0.6) is 0 Å². The van der Waals surface area contributed by atoms with Crippen LogP contribution in [-0.2, 0) is 9.59 Å². The molecule has 0 spiro atoms. The van der Waals surface area contributed by atoms with E-state index in [9.17, 15) is 9.59 Å². The van der Waals surface area contributed by atoms with Gasteiger partial charge in [0.15, 0.2) is 5.78 Å². The number of amides is 1. The van der Waals surface area contributed by atoms with Gasteiger partial charge in [0.2, 0.25) is 5.91 Å². The predicted octanol–water partition coefficient (Wildman–Crippen LogP) is 2.03. The number of allylic oxidation sites excluding steroid dienone is 2. The molecule has 1 aliphatic rings. The second-order valence-electron chi connectivity index (χ2n) is 3.29. The van der Waals surface area contributed by atoms with Crippen molar-refractivity contribution >= 4 is 27.6 Å². The first-order valence-electron chi connectivity index (χ1n) is 4.94. The minimum Gasteiger partial charge on any atom is -0.306 e. The number of nitrogens with zero attached hydrogens (tertiary/aromatic N) is 1. The van der Waals surface area contributed by atoms with Crippen LogP contribution in [-0.4, -0.2) is 28.5 Å². The maximum absolute atomic E-state index is 11.5. The summed E-state index contributed by atoms with van der Waals surface area (Å²) in [4.78, 5) is 24.6. The van der Waals surface area contributed by atoms with Crippen molar-refractivity contribution < 1.29 is 9.59 Å². The first-order valence-corrected chi connectivity index (χ1v) is 6.06. The summed E-state index contributed by atoms with van der Waals surface area (Å²) in [5, 5.41) is 0.815. The van der Waals surface area contributed by atoms with Crippen molar-refractivity contribution in [3.63, 3.8) is 0 Å². The summed E-state index contributed by atoms with van der Waals surface area (Å²) in [6, 6.07) is 0. The van der Waals surface area contributed by atoms with Crippen molar-refractivity contribution in [2.75, 3.05) is 11.9 Å². The summed E-state index contributed by atoms with van der Waals surface area (Å²) >= 11 is 3.30. The highest BCUT2D eigenvalue weighted by molar-refractivity contribution is 9.09. The zero-order valence-electron chi connectivity index (χ0n) is 8.54. The Morgan fingerprint density at radius 2 is 2.40 bits per heavy atom. The zero-order chi connectivity index (χ0) is 11.3. The fourth-order valence-corrected chi connectivity index (χ4v) is 1.77. The van der Waals surface area contributed by atoms with Gasteiger partial charge in [-0.1, -0.05) is 28.6 Å². The average molecular weight is 272 g/mol. The van der Waals surface area contributed by atoms with Crippen molar-refractivity contribution in [2.24, 2.45) is 0 Å². The Labute approximate surface area is 98.0 Å². The topological polar surface area (TPSA) is 37.4 Å². The molecule has 0 heterocycles. The smallest absolute Gasteiger partial charge is 0.250 e. The molecule has 0 N–H and O–H groups in total. The second-order valence-corrected chi connectivity index (χ2v) is 4.08. The lowest BCUT2D eigenvalue weighted by Crippen LogP contribution is -2.32. The van der Waals surface area contributed by atoms with Gasteiger partial charge in [0, 0.05) is 18.3 Å². The van der Waals surface area contributed by atoms with Gasteiger partial charge in [0.25, 0.3) is 0 Å². The summed E-state index contributed by atoms with van der Waals surface area (Å²) in [7, 11) is 0. The predicted molar refractivity (Wildman–Crippen MR) is 62.6 cm³/mol. The zero-order valence-corrected chi connectivity index (χ0v) is 10.1. The normalized spacial score (nSPS) is 15.0. The molecule has 0 fully saturated rings. The summed E-state index contributed by atoms with van der Waals surface area (Å²) in [5.74, 6) is -0.141. The number of hydrogen-bond donors (Lipinski definition) is 0. The van der Waals surface area contributed by atoms with E-state index in [1.807, 2.05) is 6.08 Å². The van der Waals surface area contributed by atoms with Crippen molar-refractivity contribution in [1.82, 2.24) is 4.90 Å². The standard InChI is InChI=1S/C11H14BrNO2/c1-2-11(15)13(8-4-7-12)9-5-3-6-10(9)14/h2,5H,1,3-4,6-8H2. The summed E-state index contributed by atoms with van der Waals surface area (Å²) < 4.78 is 0. The van der Waals surface area contributed by atoms with Crippen LogP contribution in [0.4, 0.5) is 0 Å². The molecule has 1 amide bonds. The fraction of sp³-hybridized carbons (Fsp3) is 0.455. The molecule has 0 radical (unpaired) electrons. The highest BCUT2D eigenvalue weighted by Crippen LogP contribution is 2.19. The quantitative estimate of drug-likeness (QED) is 0.567. The molecule has 82 valence electrons. The molecule has 1 rings (SSSR count). The number of ketones is 1. The minimum absolute atomic E-state index is 0.0553. The first-order chi connectivity index (χ1) is 7.20. The second kappa shape index (κ2) is 5.85. The van der Waals surface area contributed by atoms with Gasteiger partial charge in [-0.25, -0.2) is 0 Å². The molecule has 3 nitrogen and oxygen atoms in total. The van der Waals surface area contributed by atoms with Gasteiger partial charge in [0.1, 0.15) is 0 Å². The SMILES string of the molecule is C=CC(=O)N(CCCBr)C1=CCCC1=O. The summed E-state index contributed by atoms with van der Waals surface area (Å²) in [6.45, 7) is 4.01. The highest BCUT2D eigenvalue weighted by Gasteiger charge is 2.24. The van der Waals surface area contributed by atoms with E-state index in [0.717, 1.165) is 18.2 Å². The lowest BCUT2D eigenvalue weighted by atomic mass is 10.2. The molecule has 0 unspecified atom stereocenters. The van der Waals surface area contributed by atoms with Gasteiger partial charge in [-0.3, -0.25) is 9.59 Å². The van der Waals surface area contributed by atoms with E-state index in [-0.39, 0.29) is 11.7 Å². The Hall–Kier alpha value is -0.900. The van der Waals surface area contributed by atoms with Gasteiger partial charge >= 0.3 is 0 Å². The van der Waals surface area contributed by atoms with E-state index in [2.05, 4.69) is 22.5 Å². The molecule has 0 atom stereocenters. The molecule has 0 saturated carbocycles.